The molecule has 1 heterocycles. The lowest BCUT2D eigenvalue weighted by molar-refractivity contribution is -0.118. The molecule has 0 spiro atoms. The van der Waals surface area contributed by atoms with Crippen LogP contribution in [-0.4, -0.2) is 21.6 Å². The number of hydrogen-bond acceptors (Lipinski definition) is 3. The molecule has 0 radical (unpaired) electrons. The Balaban J connectivity index is 2.09. The lowest BCUT2D eigenvalue weighted by Crippen LogP contribution is -2.18. The highest BCUT2D eigenvalue weighted by Crippen LogP contribution is 2.14. The monoisotopic (exact) mass is 370 g/mol. The van der Waals surface area contributed by atoms with Crippen molar-refractivity contribution in [2.24, 2.45) is 5.73 Å². The van der Waals surface area contributed by atoms with Crippen LogP contribution in [0.5, 0.6) is 0 Å². The summed E-state index contributed by atoms with van der Waals surface area (Å²) in [5.41, 5.74) is 6.17. The normalized spacial score (nSPS) is 10.2. The number of halogens is 1. The van der Waals surface area contributed by atoms with Gasteiger partial charge in [0, 0.05) is 9.77 Å². The summed E-state index contributed by atoms with van der Waals surface area (Å²) in [6, 6.07) is 7.26. The van der Waals surface area contributed by atoms with Crippen molar-refractivity contribution in [3.8, 4) is 0 Å². The van der Waals surface area contributed by atoms with Gasteiger partial charge in [-0.3, -0.25) is 14.3 Å². The molecule has 0 atom stereocenters. The number of amides is 2. The van der Waals surface area contributed by atoms with Crippen molar-refractivity contribution in [2.75, 3.05) is 5.32 Å². The molecule has 2 rings (SSSR count). The lowest BCUT2D eigenvalue weighted by atomic mass is 10.2. The van der Waals surface area contributed by atoms with Gasteiger partial charge >= 0.3 is 0 Å². The first kappa shape index (κ1) is 13.5. The number of nitrogens with one attached hydrogen (secondary N) is 1. The Hall–Kier alpha value is -1.90. The molecule has 0 unspecified atom stereocenters. The number of nitrogens with two attached hydrogens (primary N) is 1. The average molecular weight is 370 g/mol. The Morgan fingerprint density at radius 3 is 2.79 bits per heavy atom. The zero-order chi connectivity index (χ0) is 13.8. The molecule has 3 N–H and O–H groups in total. The number of primary amides is 1. The predicted molar refractivity (Wildman–Crippen MR) is 78.5 cm³/mol. The predicted octanol–water partition coefficient (Wildman–Crippen LogP) is 1.23. The Morgan fingerprint density at radius 1 is 1.37 bits per heavy atom. The number of carbonyl (C=O) groups excluding carboxylic acids is 2. The van der Waals surface area contributed by atoms with Gasteiger partial charge in [0.15, 0.2) is 0 Å². The van der Waals surface area contributed by atoms with Gasteiger partial charge in [0.05, 0.1) is 17.4 Å². The maximum atomic E-state index is 12.0. The molecule has 7 heteroatoms. The fourth-order valence-electron chi connectivity index (χ4n) is 1.52. The van der Waals surface area contributed by atoms with E-state index in [2.05, 4.69) is 33.0 Å². The maximum Gasteiger partial charge on any atom is 0.256 e. The zero-order valence-electron chi connectivity index (χ0n) is 9.84. The summed E-state index contributed by atoms with van der Waals surface area (Å²) in [5.74, 6) is -0.706. The quantitative estimate of drug-likeness (QED) is 0.794. The van der Waals surface area contributed by atoms with E-state index in [1.54, 1.807) is 18.3 Å². The minimum absolute atomic E-state index is 0.0151. The van der Waals surface area contributed by atoms with Crippen LogP contribution in [0.15, 0.2) is 36.7 Å². The minimum Gasteiger partial charge on any atom is -0.368 e. The highest BCUT2D eigenvalue weighted by atomic mass is 127. The molecule has 19 heavy (non-hydrogen) atoms. The van der Waals surface area contributed by atoms with Crippen molar-refractivity contribution in [1.82, 2.24) is 9.78 Å². The standard InChI is InChI=1S/C12H11IN4O2/c13-10-4-2-1-3-9(10)12(19)16-8-5-15-17(6-8)7-11(14)18/h1-6H,7H2,(H2,14,18)(H,16,19). The van der Waals surface area contributed by atoms with Crippen LogP contribution < -0.4 is 11.1 Å². The second-order valence-corrected chi connectivity index (χ2v) is 4.99. The first-order chi connectivity index (χ1) is 9.06. The van der Waals surface area contributed by atoms with E-state index in [9.17, 15) is 9.59 Å². The minimum atomic E-state index is -0.487. The highest BCUT2D eigenvalue weighted by Gasteiger charge is 2.10. The summed E-state index contributed by atoms with van der Waals surface area (Å²) >= 11 is 2.10. The molecule has 1 aromatic carbocycles. The Bertz CT molecular complexity index is 624. The number of aromatic nitrogens is 2. The van der Waals surface area contributed by atoms with Gasteiger partial charge in [0.2, 0.25) is 5.91 Å². The molecule has 0 aliphatic carbocycles. The number of hydrogen-bond donors (Lipinski definition) is 2. The highest BCUT2D eigenvalue weighted by molar-refractivity contribution is 14.1. The van der Waals surface area contributed by atoms with Crippen molar-refractivity contribution >= 4 is 40.1 Å². The third-order valence-electron chi connectivity index (χ3n) is 2.33. The molecule has 0 fully saturated rings. The van der Waals surface area contributed by atoms with Gasteiger partial charge in [-0.1, -0.05) is 12.1 Å². The van der Waals surface area contributed by atoms with Gasteiger partial charge < -0.3 is 11.1 Å². The Morgan fingerprint density at radius 2 is 2.11 bits per heavy atom. The summed E-state index contributed by atoms with van der Waals surface area (Å²) in [4.78, 5) is 22.8. The SMILES string of the molecule is NC(=O)Cn1cc(NC(=O)c2ccccc2I)cn1. The molecule has 0 aliphatic rings. The van der Waals surface area contributed by atoms with Gasteiger partial charge in [-0.2, -0.15) is 5.10 Å². The van der Waals surface area contributed by atoms with Crippen molar-refractivity contribution < 1.29 is 9.59 Å². The van der Waals surface area contributed by atoms with Crippen molar-refractivity contribution in [1.29, 1.82) is 0 Å². The topological polar surface area (TPSA) is 90.0 Å². The van der Waals surface area contributed by atoms with Crippen LogP contribution in [0.1, 0.15) is 10.4 Å². The largest absolute Gasteiger partial charge is 0.368 e. The van der Waals surface area contributed by atoms with Crippen molar-refractivity contribution in [3.05, 3.63) is 45.8 Å². The zero-order valence-corrected chi connectivity index (χ0v) is 12.0. The average Bonchev–Trinajstić information content (AvgIpc) is 2.76. The molecule has 0 bridgehead atoms. The fraction of sp³-hybridized carbons (Fsp3) is 0.0833. The summed E-state index contributed by atoms with van der Waals surface area (Å²) in [5, 5.41) is 6.64. The third-order valence-corrected chi connectivity index (χ3v) is 3.27. The number of carbonyl (C=O) groups is 2. The molecular formula is C12H11IN4O2. The van der Waals surface area contributed by atoms with Crippen LogP contribution >= 0.6 is 22.6 Å². The first-order valence-corrected chi connectivity index (χ1v) is 6.51. The second kappa shape index (κ2) is 5.83. The van der Waals surface area contributed by atoms with E-state index >= 15 is 0 Å². The van der Waals surface area contributed by atoms with Crippen molar-refractivity contribution in [3.63, 3.8) is 0 Å². The van der Waals surface area contributed by atoms with E-state index in [4.69, 9.17) is 5.73 Å². The van der Waals surface area contributed by atoms with E-state index in [0.29, 0.717) is 11.3 Å². The molecule has 0 saturated heterocycles. The van der Waals surface area contributed by atoms with Crippen molar-refractivity contribution in [2.45, 2.75) is 6.54 Å². The third kappa shape index (κ3) is 3.53. The molecular weight excluding hydrogens is 359 g/mol. The van der Waals surface area contributed by atoms with Crippen LogP contribution in [0, 0.1) is 3.57 Å². The molecule has 0 aliphatic heterocycles. The first-order valence-electron chi connectivity index (χ1n) is 5.43. The van der Waals surface area contributed by atoms with Crippen LogP contribution in [0.2, 0.25) is 0 Å². The van der Waals surface area contributed by atoms with Crippen LogP contribution in [0.25, 0.3) is 0 Å². The summed E-state index contributed by atoms with van der Waals surface area (Å²) in [6.45, 7) is -0.0151. The molecule has 6 nitrogen and oxygen atoms in total. The van der Waals surface area contributed by atoms with E-state index in [1.165, 1.54) is 10.9 Å². The molecule has 2 amide bonds. The molecule has 98 valence electrons. The molecule has 1 aromatic heterocycles. The fourth-order valence-corrected chi connectivity index (χ4v) is 2.15. The van der Waals surface area contributed by atoms with Crippen LogP contribution in [-0.2, 0) is 11.3 Å². The van der Waals surface area contributed by atoms with Crippen LogP contribution in [0.4, 0.5) is 5.69 Å². The van der Waals surface area contributed by atoms with E-state index in [1.807, 2.05) is 12.1 Å². The van der Waals surface area contributed by atoms with Gasteiger partial charge in [0.25, 0.3) is 5.91 Å². The molecule has 2 aromatic rings. The van der Waals surface area contributed by atoms with Gasteiger partial charge in [0.1, 0.15) is 6.54 Å². The van der Waals surface area contributed by atoms with Gasteiger partial charge in [-0.25, -0.2) is 0 Å². The van der Waals surface area contributed by atoms with E-state index < -0.39 is 5.91 Å². The Labute approximate surface area is 123 Å². The Kier molecular flexibility index (Phi) is 4.15. The smallest absolute Gasteiger partial charge is 0.256 e. The maximum absolute atomic E-state index is 12.0. The number of anilines is 1. The number of benzene rings is 1. The lowest BCUT2D eigenvalue weighted by Gasteiger charge is -2.04. The second-order valence-electron chi connectivity index (χ2n) is 3.83. The number of rotatable bonds is 4. The molecule has 0 saturated carbocycles. The van der Waals surface area contributed by atoms with E-state index in [-0.39, 0.29) is 12.5 Å². The summed E-state index contributed by atoms with van der Waals surface area (Å²) < 4.78 is 2.23. The summed E-state index contributed by atoms with van der Waals surface area (Å²) in [6.07, 6.45) is 3.02. The number of nitrogens with zero attached hydrogens (tertiary/aromatic N) is 2. The summed E-state index contributed by atoms with van der Waals surface area (Å²) in [7, 11) is 0. The van der Waals surface area contributed by atoms with Gasteiger partial charge in [-0.05, 0) is 34.7 Å². The van der Waals surface area contributed by atoms with Crippen LogP contribution in [0.3, 0.4) is 0 Å². The van der Waals surface area contributed by atoms with Gasteiger partial charge in [-0.15, -0.1) is 0 Å². The van der Waals surface area contributed by atoms with E-state index in [0.717, 1.165) is 3.57 Å².